The zero-order valence-electron chi connectivity index (χ0n) is 20.6. The molecule has 10 heteroatoms. The summed E-state index contributed by atoms with van der Waals surface area (Å²) >= 11 is 6.46. The molecule has 0 aliphatic carbocycles. The van der Waals surface area contributed by atoms with E-state index in [9.17, 15) is 0 Å². The zero-order chi connectivity index (χ0) is 25.1. The van der Waals surface area contributed by atoms with Crippen molar-refractivity contribution in [1.82, 2.24) is 30.2 Å². The van der Waals surface area contributed by atoms with Crippen LogP contribution in [0.3, 0.4) is 0 Å². The van der Waals surface area contributed by atoms with E-state index in [0.29, 0.717) is 34.5 Å². The Morgan fingerprint density at radius 1 is 0.943 bits per heavy atom. The standard InChI is InChI=1S/C25H28ClN7O2/c1-14-11-22(35-6)20(12-19(14)26)29-24(23-17(4)27-15(2)16(3)28-23)25-30-31-32-33(25)13-18-9-7-8-10-21(18)34-5/h7-12,24,29H,13H2,1-6H3. The minimum absolute atomic E-state index is 0.410. The van der Waals surface area contributed by atoms with Crippen molar-refractivity contribution in [3.8, 4) is 11.5 Å². The molecule has 2 heterocycles. The summed E-state index contributed by atoms with van der Waals surface area (Å²) in [6, 6.07) is 11.0. The maximum Gasteiger partial charge on any atom is 0.180 e. The van der Waals surface area contributed by atoms with Crippen molar-refractivity contribution in [2.24, 2.45) is 0 Å². The summed E-state index contributed by atoms with van der Waals surface area (Å²) in [5.41, 5.74) is 5.73. The van der Waals surface area contributed by atoms with Crippen molar-refractivity contribution >= 4 is 17.3 Å². The van der Waals surface area contributed by atoms with Crippen LogP contribution in [0.5, 0.6) is 11.5 Å². The minimum Gasteiger partial charge on any atom is -0.496 e. The number of aromatic nitrogens is 6. The molecule has 0 aliphatic rings. The highest BCUT2D eigenvalue weighted by Crippen LogP contribution is 2.35. The number of para-hydroxylation sites is 1. The molecule has 0 bridgehead atoms. The van der Waals surface area contributed by atoms with E-state index in [1.165, 1.54) is 0 Å². The Hall–Kier alpha value is -3.72. The Morgan fingerprint density at radius 3 is 2.40 bits per heavy atom. The molecule has 2 aromatic heterocycles. The maximum absolute atomic E-state index is 6.46. The zero-order valence-corrected chi connectivity index (χ0v) is 21.4. The molecule has 2 aromatic carbocycles. The van der Waals surface area contributed by atoms with E-state index in [4.69, 9.17) is 31.0 Å². The number of hydrogen-bond donors (Lipinski definition) is 1. The first kappa shape index (κ1) is 24.4. The summed E-state index contributed by atoms with van der Waals surface area (Å²) in [6.45, 7) is 8.14. The molecule has 1 atom stereocenters. The summed E-state index contributed by atoms with van der Waals surface area (Å²) in [5, 5.41) is 16.8. The van der Waals surface area contributed by atoms with E-state index in [0.717, 1.165) is 34.0 Å². The van der Waals surface area contributed by atoms with Crippen LogP contribution >= 0.6 is 11.6 Å². The fourth-order valence-electron chi connectivity index (χ4n) is 3.88. The number of rotatable bonds is 8. The number of benzene rings is 2. The predicted octanol–water partition coefficient (Wildman–Crippen LogP) is 4.62. The molecule has 4 aromatic rings. The maximum atomic E-state index is 6.46. The van der Waals surface area contributed by atoms with Crippen molar-refractivity contribution in [1.29, 1.82) is 0 Å². The highest BCUT2D eigenvalue weighted by atomic mass is 35.5. The number of hydrogen-bond acceptors (Lipinski definition) is 8. The van der Waals surface area contributed by atoms with E-state index in [-0.39, 0.29) is 0 Å². The number of ether oxygens (including phenoxy) is 2. The Morgan fingerprint density at radius 2 is 1.66 bits per heavy atom. The first-order valence-corrected chi connectivity index (χ1v) is 11.5. The SMILES string of the molecule is COc1ccccc1Cn1nnnc1C(Nc1cc(Cl)c(C)cc1OC)c1nc(C)c(C)nc1C. The van der Waals surface area contributed by atoms with E-state index >= 15 is 0 Å². The summed E-state index contributed by atoms with van der Waals surface area (Å²) < 4.78 is 12.9. The van der Waals surface area contributed by atoms with Gasteiger partial charge in [0, 0.05) is 10.6 Å². The molecule has 9 nitrogen and oxygen atoms in total. The van der Waals surface area contributed by atoms with Crippen LogP contribution in [0.15, 0.2) is 36.4 Å². The molecule has 0 saturated heterocycles. The molecule has 0 saturated carbocycles. The van der Waals surface area contributed by atoms with Gasteiger partial charge in [-0.3, -0.25) is 9.97 Å². The Kier molecular flexibility index (Phi) is 7.16. The average molecular weight is 494 g/mol. The van der Waals surface area contributed by atoms with Gasteiger partial charge < -0.3 is 14.8 Å². The molecule has 0 fully saturated rings. The van der Waals surface area contributed by atoms with Crippen LogP contribution in [0, 0.1) is 27.7 Å². The number of halogens is 1. The lowest BCUT2D eigenvalue weighted by molar-refractivity contribution is 0.406. The molecule has 4 rings (SSSR count). The van der Waals surface area contributed by atoms with E-state index in [1.807, 2.05) is 64.1 Å². The molecule has 0 radical (unpaired) electrons. The smallest absolute Gasteiger partial charge is 0.180 e. The van der Waals surface area contributed by atoms with Gasteiger partial charge in [0.15, 0.2) is 5.82 Å². The average Bonchev–Trinajstić information content (AvgIpc) is 3.30. The third-order valence-electron chi connectivity index (χ3n) is 5.90. The molecule has 35 heavy (non-hydrogen) atoms. The minimum atomic E-state index is -0.529. The molecule has 0 spiro atoms. The van der Waals surface area contributed by atoms with Crippen LogP contribution in [0.2, 0.25) is 5.02 Å². The number of anilines is 1. The van der Waals surface area contributed by atoms with Crippen LogP contribution in [0.4, 0.5) is 5.69 Å². The van der Waals surface area contributed by atoms with Crippen LogP contribution in [0.25, 0.3) is 0 Å². The lowest BCUT2D eigenvalue weighted by atomic mass is 10.1. The van der Waals surface area contributed by atoms with Crippen LogP contribution in [-0.4, -0.2) is 44.4 Å². The second-order valence-electron chi connectivity index (χ2n) is 8.25. The van der Waals surface area contributed by atoms with Gasteiger partial charge in [-0.1, -0.05) is 29.8 Å². The second-order valence-corrected chi connectivity index (χ2v) is 8.66. The highest BCUT2D eigenvalue weighted by Gasteiger charge is 2.27. The van der Waals surface area contributed by atoms with Crippen LogP contribution in [0.1, 0.15) is 45.8 Å². The number of methoxy groups -OCH3 is 2. The van der Waals surface area contributed by atoms with E-state index < -0.39 is 6.04 Å². The number of nitrogens with zero attached hydrogens (tertiary/aromatic N) is 6. The predicted molar refractivity (Wildman–Crippen MR) is 134 cm³/mol. The molecule has 182 valence electrons. The van der Waals surface area contributed by atoms with Gasteiger partial charge in [-0.25, -0.2) is 4.68 Å². The lowest BCUT2D eigenvalue weighted by Gasteiger charge is -2.23. The van der Waals surface area contributed by atoms with Gasteiger partial charge in [0.05, 0.1) is 49.2 Å². The third kappa shape index (κ3) is 5.05. The monoisotopic (exact) mass is 493 g/mol. The molecule has 1 N–H and O–H groups in total. The molecule has 0 amide bonds. The van der Waals surface area contributed by atoms with Gasteiger partial charge >= 0.3 is 0 Å². The second kappa shape index (κ2) is 10.3. The number of tetrazole rings is 1. The molecular weight excluding hydrogens is 466 g/mol. The lowest BCUT2D eigenvalue weighted by Crippen LogP contribution is -2.22. The molecular formula is C25H28ClN7O2. The van der Waals surface area contributed by atoms with E-state index in [2.05, 4.69) is 20.8 Å². The van der Waals surface area contributed by atoms with Gasteiger partial charge in [-0.05, 0) is 61.9 Å². The van der Waals surface area contributed by atoms with Gasteiger partial charge in [0.25, 0.3) is 0 Å². The van der Waals surface area contributed by atoms with Crippen molar-refractivity contribution in [3.63, 3.8) is 0 Å². The van der Waals surface area contributed by atoms with Crippen molar-refractivity contribution < 1.29 is 9.47 Å². The highest BCUT2D eigenvalue weighted by molar-refractivity contribution is 6.31. The number of nitrogens with one attached hydrogen (secondary N) is 1. The third-order valence-corrected chi connectivity index (χ3v) is 6.31. The van der Waals surface area contributed by atoms with Gasteiger partial charge in [0.2, 0.25) is 0 Å². The summed E-state index contributed by atoms with van der Waals surface area (Å²) in [6.07, 6.45) is 0. The van der Waals surface area contributed by atoms with Crippen molar-refractivity contribution in [3.05, 3.63) is 81.1 Å². The Labute approximate surface area is 209 Å². The van der Waals surface area contributed by atoms with Crippen molar-refractivity contribution in [2.75, 3.05) is 19.5 Å². The normalized spacial score (nSPS) is 11.9. The summed E-state index contributed by atoms with van der Waals surface area (Å²) in [4.78, 5) is 9.57. The summed E-state index contributed by atoms with van der Waals surface area (Å²) in [7, 11) is 3.26. The Balaban J connectivity index is 1.84. The van der Waals surface area contributed by atoms with Gasteiger partial charge in [-0.2, -0.15) is 0 Å². The van der Waals surface area contributed by atoms with Crippen molar-refractivity contribution in [2.45, 2.75) is 40.3 Å². The first-order valence-electron chi connectivity index (χ1n) is 11.1. The van der Waals surface area contributed by atoms with Crippen LogP contribution in [-0.2, 0) is 6.54 Å². The quantitative estimate of drug-likeness (QED) is 0.379. The molecule has 1 unspecified atom stereocenters. The van der Waals surface area contributed by atoms with E-state index in [1.54, 1.807) is 18.9 Å². The van der Waals surface area contributed by atoms with Gasteiger partial charge in [0.1, 0.15) is 17.5 Å². The first-order chi connectivity index (χ1) is 16.8. The summed E-state index contributed by atoms with van der Waals surface area (Å²) in [5.74, 6) is 1.97. The Bertz CT molecular complexity index is 1360. The van der Waals surface area contributed by atoms with Crippen LogP contribution < -0.4 is 14.8 Å². The molecule has 0 aliphatic heterocycles. The fraction of sp³-hybridized carbons (Fsp3) is 0.320. The largest absolute Gasteiger partial charge is 0.496 e. The number of aryl methyl sites for hydroxylation is 4. The van der Waals surface area contributed by atoms with Gasteiger partial charge in [-0.15, -0.1) is 5.10 Å². The topological polar surface area (TPSA) is 99.9 Å². The fourth-order valence-corrected chi connectivity index (χ4v) is 4.04.